The Labute approximate surface area is 123 Å². The number of aromatic nitrogens is 2. The van der Waals surface area contributed by atoms with Gasteiger partial charge in [-0.1, -0.05) is 11.8 Å². The van der Waals surface area contributed by atoms with E-state index in [-0.39, 0.29) is 12.5 Å². The van der Waals surface area contributed by atoms with Crippen LogP contribution >= 0.6 is 0 Å². The molecule has 0 aliphatic rings. The Kier molecular flexibility index (Phi) is 5.56. The summed E-state index contributed by atoms with van der Waals surface area (Å²) in [5, 5.41) is 11.5. The monoisotopic (exact) mass is 283 g/mol. The van der Waals surface area contributed by atoms with Gasteiger partial charge in [-0.05, 0) is 30.7 Å². The first-order chi connectivity index (χ1) is 10.3. The molecule has 108 valence electrons. The van der Waals surface area contributed by atoms with Crippen LogP contribution in [0.15, 0.2) is 36.7 Å². The van der Waals surface area contributed by atoms with Gasteiger partial charge in [-0.25, -0.2) is 4.98 Å². The molecule has 0 aliphatic carbocycles. The zero-order valence-electron chi connectivity index (χ0n) is 11.6. The molecule has 21 heavy (non-hydrogen) atoms. The number of H-pyrrole nitrogens is 1. The average Bonchev–Trinajstić information content (AvgIpc) is 3.03. The average molecular weight is 283 g/mol. The Morgan fingerprint density at radius 2 is 2.14 bits per heavy atom. The molecular formula is C16H17N3O2. The Morgan fingerprint density at radius 1 is 1.33 bits per heavy atom. The van der Waals surface area contributed by atoms with E-state index in [0.717, 1.165) is 24.2 Å². The van der Waals surface area contributed by atoms with Crippen molar-refractivity contribution in [2.75, 3.05) is 13.2 Å². The Morgan fingerprint density at radius 3 is 2.81 bits per heavy atom. The number of benzene rings is 1. The fraction of sp³-hybridized carbons (Fsp3) is 0.250. The lowest BCUT2D eigenvalue weighted by molar-refractivity contribution is 0.0953. The summed E-state index contributed by atoms with van der Waals surface area (Å²) in [5.41, 5.74) is 1.38. The van der Waals surface area contributed by atoms with Crippen LogP contribution in [0.4, 0.5) is 0 Å². The number of aliphatic hydroxyl groups excluding tert-OH is 1. The van der Waals surface area contributed by atoms with E-state index in [1.165, 1.54) is 0 Å². The smallest absolute Gasteiger partial charge is 0.251 e. The zero-order chi connectivity index (χ0) is 14.9. The highest BCUT2D eigenvalue weighted by atomic mass is 16.2. The summed E-state index contributed by atoms with van der Waals surface area (Å²) in [7, 11) is 0. The quantitative estimate of drug-likeness (QED) is 0.568. The maximum absolute atomic E-state index is 11.9. The van der Waals surface area contributed by atoms with Gasteiger partial charge in [0.05, 0.1) is 0 Å². The minimum Gasteiger partial charge on any atom is -0.384 e. The lowest BCUT2D eigenvalue weighted by Gasteiger charge is -2.04. The number of nitrogens with one attached hydrogen (secondary N) is 2. The molecule has 1 amide bonds. The van der Waals surface area contributed by atoms with Crippen molar-refractivity contribution in [1.29, 1.82) is 0 Å². The maximum atomic E-state index is 11.9. The first-order valence-electron chi connectivity index (χ1n) is 6.76. The van der Waals surface area contributed by atoms with Crippen LogP contribution in [-0.4, -0.2) is 34.1 Å². The number of nitrogens with zero attached hydrogens (tertiary/aromatic N) is 1. The van der Waals surface area contributed by atoms with Crippen molar-refractivity contribution >= 4 is 5.91 Å². The molecule has 5 nitrogen and oxygen atoms in total. The SMILES string of the molecule is O=C(NCCCc1ncc[nH]1)c1ccc(C#CCO)cc1. The molecule has 0 aliphatic heterocycles. The van der Waals surface area contributed by atoms with Crippen molar-refractivity contribution in [3.05, 3.63) is 53.6 Å². The molecule has 0 saturated carbocycles. The third kappa shape index (κ3) is 4.79. The molecule has 1 heterocycles. The predicted octanol–water partition coefficient (Wildman–Crippen LogP) is 1.12. The molecule has 0 bridgehead atoms. The number of carbonyl (C=O) groups excluding carboxylic acids is 1. The van der Waals surface area contributed by atoms with Gasteiger partial charge in [0.2, 0.25) is 0 Å². The molecule has 0 saturated heterocycles. The molecule has 0 unspecified atom stereocenters. The van der Waals surface area contributed by atoms with Crippen molar-refractivity contribution < 1.29 is 9.90 Å². The summed E-state index contributed by atoms with van der Waals surface area (Å²) in [4.78, 5) is 19.1. The van der Waals surface area contributed by atoms with Gasteiger partial charge in [0.15, 0.2) is 0 Å². The second-order valence-corrected chi connectivity index (χ2v) is 4.43. The number of hydrogen-bond acceptors (Lipinski definition) is 3. The summed E-state index contributed by atoms with van der Waals surface area (Å²) < 4.78 is 0. The summed E-state index contributed by atoms with van der Waals surface area (Å²) >= 11 is 0. The van der Waals surface area contributed by atoms with Crippen LogP contribution in [0.3, 0.4) is 0 Å². The van der Waals surface area contributed by atoms with Gasteiger partial charge in [-0.15, -0.1) is 0 Å². The van der Waals surface area contributed by atoms with Gasteiger partial charge in [-0.3, -0.25) is 4.79 Å². The predicted molar refractivity (Wildman–Crippen MR) is 79.6 cm³/mol. The molecular weight excluding hydrogens is 266 g/mol. The second-order valence-electron chi connectivity index (χ2n) is 4.43. The highest BCUT2D eigenvalue weighted by Gasteiger charge is 2.04. The number of aryl methyl sites for hydroxylation is 1. The van der Waals surface area contributed by atoms with Crippen LogP contribution in [0.2, 0.25) is 0 Å². The van der Waals surface area contributed by atoms with Crippen LogP contribution < -0.4 is 5.32 Å². The zero-order valence-corrected chi connectivity index (χ0v) is 11.6. The van der Waals surface area contributed by atoms with Gasteiger partial charge < -0.3 is 15.4 Å². The van der Waals surface area contributed by atoms with Crippen LogP contribution in [0.5, 0.6) is 0 Å². The third-order valence-corrected chi connectivity index (χ3v) is 2.89. The molecule has 3 N–H and O–H groups in total. The van der Waals surface area contributed by atoms with E-state index >= 15 is 0 Å². The van der Waals surface area contributed by atoms with Crippen LogP contribution in [0, 0.1) is 11.8 Å². The summed E-state index contributed by atoms with van der Waals surface area (Å²) in [6, 6.07) is 6.98. The molecule has 0 fully saturated rings. The molecule has 0 radical (unpaired) electrons. The van der Waals surface area contributed by atoms with E-state index in [1.807, 2.05) is 0 Å². The molecule has 1 aromatic heterocycles. The molecule has 2 rings (SSSR count). The Balaban J connectivity index is 1.77. The number of carbonyl (C=O) groups is 1. The van der Waals surface area contributed by atoms with E-state index in [2.05, 4.69) is 27.1 Å². The molecule has 0 atom stereocenters. The number of rotatable bonds is 5. The van der Waals surface area contributed by atoms with Crippen molar-refractivity contribution in [3.8, 4) is 11.8 Å². The standard InChI is InChI=1S/C16H17N3O2/c20-12-2-3-13-5-7-14(8-6-13)16(21)19-9-1-4-15-17-10-11-18-15/h5-8,10-11,20H,1,4,9,12H2,(H,17,18)(H,19,21). The first kappa shape index (κ1) is 14.8. The molecule has 1 aromatic carbocycles. The number of aromatic amines is 1. The normalized spacial score (nSPS) is 9.76. The molecule has 0 spiro atoms. The lowest BCUT2D eigenvalue weighted by Crippen LogP contribution is -2.24. The van der Waals surface area contributed by atoms with Crippen LogP contribution in [-0.2, 0) is 6.42 Å². The summed E-state index contributed by atoms with van der Waals surface area (Å²) in [6.45, 7) is 0.434. The molecule has 2 aromatic rings. The lowest BCUT2D eigenvalue weighted by atomic mass is 10.1. The van der Waals surface area contributed by atoms with Gasteiger partial charge >= 0.3 is 0 Å². The highest BCUT2D eigenvalue weighted by Crippen LogP contribution is 2.03. The van der Waals surface area contributed by atoms with Crippen molar-refractivity contribution in [3.63, 3.8) is 0 Å². The number of amides is 1. The number of aliphatic hydroxyl groups is 1. The van der Waals surface area contributed by atoms with Crippen molar-refractivity contribution in [1.82, 2.24) is 15.3 Å². The second kappa shape index (κ2) is 7.88. The number of imidazole rings is 1. The highest BCUT2D eigenvalue weighted by molar-refractivity contribution is 5.94. The van der Waals surface area contributed by atoms with E-state index < -0.39 is 0 Å². The minimum atomic E-state index is -0.169. The van der Waals surface area contributed by atoms with Crippen molar-refractivity contribution in [2.45, 2.75) is 12.8 Å². The Hall–Kier alpha value is -2.58. The summed E-state index contributed by atoms with van der Waals surface area (Å²) in [5.74, 6) is 6.18. The minimum absolute atomic E-state index is 0.101. The fourth-order valence-corrected chi connectivity index (χ4v) is 1.84. The first-order valence-corrected chi connectivity index (χ1v) is 6.76. The van der Waals surface area contributed by atoms with Crippen LogP contribution in [0.25, 0.3) is 0 Å². The third-order valence-electron chi connectivity index (χ3n) is 2.89. The largest absolute Gasteiger partial charge is 0.384 e. The topological polar surface area (TPSA) is 78.0 Å². The Bertz CT molecular complexity index is 622. The van der Waals surface area contributed by atoms with Gasteiger partial charge in [0.1, 0.15) is 12.4 Å². The van der Waals surface area contributed by atoms with E-state index in [9.17, 15) is 4.79 Å². The molecule has 5 heteroatoms. The maximum Gasteiger partial charge on any atom is 0.251 e. The van der Waals surface area contributed by atoms with Gasteiger partial charge in [-0.2, -0.15) is 0 Å². The summed E-state index contributed by atoms with van der Waals surface area (Å²) in [6.07, 6.45) is 5.15. The van der Waals surface area contributed by atoms with Gasteiger partial charge in [0, 0.05) is 36.5 Å². The van der Waals surface area contributed by atoms with Crippen LogP contribution in [0.1, 0.15) is 28.2 Å². The fourth-order valence-electron chi connectivity index (χ4n) is 1.84. The van der Waals surface area contributed by atoms with E-state index in [4.69, 9.17) is 5.11 Å². The van der Waals surface area contributed by atoms with Gasteiger partial charge in [0.25, 0.3) is 5.91 Å². The van der Waals surface area contributed by atoms with Crippen molar-refractivity contribution in [2.24, 2.45) is 0 Å². The van der Waals surface area contributed by atoms with E-state index in [0.29, 0.717) is 12.1 Å². The van der Waals surface area contributed by atoms with E-state index in [1.54, 1.807) is 36.7 Å². The number of hydrogen-bond donors (Lipinski definition) is 3.